The number of imidazole rings is 1. The summed E-state index contributed by atoms with van der Waals surface area (Å²) < 4.78 is 24.9. The topological polar surface area (TPSA) is 52.0 Å². The van der Waals surface area contributed by atoms with Gasteiger partial charge in [0, 0.05) is 18.0 Å². The zero-order valence-electron chi connectivity index (χ0n) is 9.65. The van der Waals surface area contributed by atoms with Crippen LogP contribution in [0.15, 0.2) is 6.33 Å². The molecule has 1 aliphatic carbocycles. The number of fused-ring (bicyclic) bond motifs is 1. The summed E-state index contributed by atoms with van der Waals surface area (Å²) in [4.78, 5) is 4.35. The molecule has 0 radical (unpaired) electrons. The van der Waals surface area contributed by atoms with Crippen molar-refractivity contribution in [1.82, 2.24) is 9.55 Å². The first kappa shape index (κ1) is 11.6. The Hall–Kier alpha value is -0.840. The highest BCUT2D eigenvalue weighted by Gasteiger charge is 2.16. The summed E-state index contributed by atoms with van der Waals surface area (Å²) in [7, 11) is -2.87. The molecule has 90 valence electrons. The monoisotopic (exact) mass is 242 g/mol. The first-order valence-electron chi connectivity index (χ1n) is 5.85. The van der Waals surface area contributed by atoms with Gasteiger partial charge in [-0.15, -0.1) is 0 Å². The minimum absolute atomic E-state index is 0.226. The fourth-order valence-electron chi connectivity index (χ4n) is 2.11. The maximum absolute atomic E-state index is 11.4. The van der Waals surface area contributed by atoms with E-state index < -0.39 is 9.84 Å². The number of aryl methyl sites for hydroxylation is 2. The summed E-state index contributed by atoms with van der Waals surface area (Å²) in [6, 6.07) is 0. The van der Waals surface area contributed by atoms with Gasteiger partial charge in [0.1, 0.15) is 0 Å². The van der Waals surface area contributed by atoms with Crippen molar-refractivity contribution < 1.29 is 8.42 Å². The van der Waals surface area contributed by atoms with Crippen molar-refractivity contribution >= 4 is 9.84 Å². The molecule has 2 rings (SSSR count). The zero-order valence-corrected chi connectivity index (χ0v) is 10.5. The fourth-order valence-corrected chi connectivity index (χ4v) is 2.87. The lowest BCUT2D eigenvalue weighted by molar-refractivity contribution is 0.582. The van der Waals surface area contributed by atoms with E-state index in [4.69, 9.17) is 0 Å². The first-order valence-corrected chi connectivity index (χ1v) is 7.68. The van der Waals surface area contributed by atoms with Crippen molar-refractivity contribution in [3.63, 3.8) is 0 Å². The summed E-state index contributed by atoms with van der Waals surface area (Å²) in [5.74, 6) is 0.455. The molecule has 0 aliphatic heterocycles. The number of aromatic nitrogens is 2. The van der Waals surface area contributed by atoms with Gasteiger partial charge >= 0.3 is 0 Å². The second kappa shape index (κ2) is 4.57. The highest BCUT2D eigenvalue weighted by Crippen LogP contribution is 2.19. The SMILES string of the molecule is CCS(=O)(=O)CCn1cnc2c1CCCC2. The molecule has 0 bridgehead atoms. The third kappa shape index (κ3) is 2.45. The molecule has 0 amide bonds. The van der Waals surface area contributed by atoms with Crippen LogP contribution in [0.2, 0.25) is 0 Å². The molecule has 0 unspecified atom stereocenters. The van der Waals surface area contributed by atoms with Crippen LogP contribution in [0.1, 0.15) is 31.2 Å². The number of hydrogen-bond acceptors (Lipinski definition) is 3. The van der Waals surface area contributed by atoms with Crippen LogP contribution in [0.4, 0.5) is 0 Å². The highest BCUT2D eigenvalue weighted by atomic mass is 32.2. The maximum Gasteiger partial charge on any atom is 0.151 e. The summed E-state index contributed by atoms with van der Waals surface area (Å²) in [6.45, 7) is 2.25. The van der Waals surface area contributed by atoms with Crippen LogP contribution in [0.5, 0.6) is 0 Å². The molecular formula is C11H18N2O2S. The molecule has 1 aliphatic rings. The van der Waals surface area contributed by atoms with Gasteiger partial charge in [0.25, 0.3) is 0 Å². The van der Waals surface area contributed by atoms with Crippen molar-refractivity contribution in [3.05, 3.63) is 17.7 Å². The van der Waals surface area contributed by atoms with Gasteiger partial charge in [0.2, 0.25) is 0 Å². The second-order valence-electron chi connectivity index (χ2n) is 4.27. The van der Waals surface area contributed by atoms with Gasteiger partial charge in [-0.2, -0.15) is 0 Å². The predicted octanol–water partition coefficient (Wildman–Crippen LogP) is 1.20. The Morgan fingerprint density at radius 2 is 2.12 bits per heavy atom. The number of rotatable bonds is 4. The maximum atomic E-state index is 11.4. The van der Waals surface area contributed by atoms with E-state index >= 15 is 0 Å². The third-order valence-electron chi connectivity index (χ3n) is 3.19. The number of hydrogen-bond donors (Lipinski definition) is 0. The molecule has 1 heterocycles. The van der Waals surface area contributed by atoms with E-state index in [0.717, 1.165) is 12.8 Å². The third-order valence-corrected chi connectivity index (χ3v) is 4.88. The van der Waals surface area contributed by atoms with E-state index in [-0.39, 0.29) is 11.5 Å². The average molecular weight is 242 g/mol. The molecule has 0 fully saturated rings. The van der Waals surface area contributed by atoms with Crippen molar-refractivity contribution in [2.45, 2.75) is 39.2 Å². The molecular weight excluding hydrogens is 224 g/mol. The fraction of sp³-hybridized carbons (Fsp3) is 0.727. The standard InChI is InChI=1S/C11H18N2O2S/c1-2-16(14,15)8-7-13-9-12-10-5-3-4-6-11(10)13/h9H,2-8H2,1H3. The lowest BCUT2D eigenvalue weighted by Crippen LogP contribution is -2.16. The van der Waals surface area contributed by atoms with Gasteiger partial charge < -0.3 is 4.57 Å². The van der Waals surface area contributed by atoms with Gasteiger partial charge in [-0.3, -0.25) is 0 Å². The molecule has 16 heavy (non-hydrogen) atoms. The van der Waals surface area contributed by atoms with Crippen LogP contribution >= 0.6 is 0 Å². The molecule has 0 atom stereocenters. The Morgan fingerprint density at radius 3 is 2.88 bits per heavy atom. The first-order chi connectivity index (χ1) is 7.62. The summed E-state index contributed by atoms with van der Waals surface area (Å²) in [6.07, 6.45) is 6.28. The highest BCUT2D eigenvalue weighted by molar-refractivity contribution is 7.91. The Bertz CT molecular complexity index is 462. The minimum Gasteiger partial charge on any atom is -0.333 e. The minimum atomic E-state index is -2.87. The Labute approximate surface area is 96.6 Å². The lowest BCUT2D eigenvalue weighted by Gasteiger charge is -2.13. The van der Waals surface area contributed by atoms with Crippen molar-refractivity contribution in [2.75, 3.05) is 11.5 Å². The molecule has 1 aromatic heterocycles. The van der Waals surface area contributed by atoms with E-state index in [1.54, 1.807) is 13.3 Å². The Balaban J connectivity index is 2.08. The molecule has 1 aromatic rings. The van der Waals surface area contributed by atoms with E-state index in [2.05, 4.69) is 4.98 Å². The predicted molar refractivity (Wildman–Crippen MR) is 63.2 cm³/mol. The van der Waals surface area contributed by atoms with Crippen LogP contribution in [0.3, 0.4) is 0 Å². The Kier molecular flexibility index (Phi) is 3.33. The molecule has 4 nitrogen and oxygen atoms in total. The molecule has 5 heteroatoms. The van der Waals surface area contributed by atoms with E-state index in [9.17, 15) is 8.42 Å². The van der Waals surface area contributed by atoms with E-state index in [0.29, 0.717) is 6.54 Å². The van der Waals surface area contributed by atoms with Crippen molar-refractivity contribution in [3.8, 4) is 0 Å². The van der Waals surface area contributed by atoms with Crippen LogP contribution in [-0.4, -0.2) is 29.5 Å². The lowest BCUT2D eigenvalue weighted by atomic mass is 10.0. The normalized spacial score (nSPS) is 16.1. The van der Waals surface area contributed by atoms with Crippen LogP contribution < -0.4 is 0 Å². The van der Waals surface area contributed by atoms with Crippen LogP contribution in [0, 0.1) is 0 Å². The molecule has 0 aromatic carbocycles. The van der Waals surface area contributed by atoms with Gasteiger partial charge in [0.05, 0.1) is 17.8 Å². The van der Waals surface area contributed by atoms with Gasteiger partial charge in [-0.05, 0) is 25.7 Å². The van der Waals surface area contributed by atoms with E-state index in [1.165, 1.54) is 24.2 Å². The van der Waals surface area contributed by atoms with Gasteiger partial charge in [-0.1, -0.05) is 6.92 Å². The molecule has 0 saturated carbocycles. The van der Waals surface area contributed by atoms with Crippen LogP contribution in [-0.2, 0) is 29.2 Å². The Morgan fingerprint density at radius 1 is 1.38 bits per heavy atom. The number of sulfone groups is 1. The molecule has 0 saturated heterocycles. The van der Waals surface area contributed by atoms with Crippen molar-refractivity contribution in [1.29, 1.82) is 0 Å². The summed E-state index contributed by atoms with van der Waals surface area (Å²) >= 11 is 0. The average Bonchev–Trinajstić information content (AvgIpc) is 2.70. The molecule has 0 spiro atoms. The van der Waals surface area contributed by atoms with E-state index in [1.807, 2.05) is 4.57 Å². The smallest absolute Gasteiger partial charge is 0.151 e. The van der Waals surface area contributed by atoms with Crippen molar-refractivity contribution in [2.24, 2.45) is 0 Å². The van der Waals surface area contributed by atoms with Crippen LogP contribution in [0.25, 0.3) is 0 Å². The number of nitrogens with zero attached hydrogens (tertiary/aromatic N) is 2. The zero-order chi connectivity index (χ0) is 11.6. The van der Waals surface area contributed by atoms with Gasteiger partial charge in [-0.25, -0.2) is 13.4 Å². The quantitative estimate of drug-likeness (QED) is 0.797. The summed E-state index contributed by atoms with van der Waals surface area (Å²) in [5, 5.41) is 0. The van der Waals surface area contributed by atoms with Gasteiger partial charge in [0.15, 0.2) is 9.84 Å². The second-order valence-corrected chi connectivity index (χ2v) is 6.75. The molecule has 0 N–H and O–H groups in total. The largest absolute Gasteiger partial charge is 0.333 e. The summed E-state index contributed by atoms with van der Waals surface area (Å²) in [5.41, 5.74) is 2.41.